The Morgan fingerprint density at radius 2 is 1.78 bits per heavy atom. The van der Waals surface area contributed by atoms with Crippen LogP contribution in [0.5, 0.6) is 0 Å². The van der Waals surface area contributed by atoms with Gasteiger partial charge in [0.1, 0.15) is 0 Å². The fourth-order valence-corrected chi connectivity index (χ4v) is 5.96. The van der Waals surface area contributed by atoms with Gasteiger partial charge in [-0.05, 0) is 31.2 Å². The maximum atomic E-state index is 10.1. The Labute approximate surface area is 118 Å². The number of benzene rings is 1. The molecule has 0 aliphatic rings. The molecular weight excluding hydrogens is 287 g/mol. The average Bonchev–Trinajstić information content (AvgIpc) is 2.38. The van der Waals surface area contributed by atoms with Gasteiger partial charge in [-0.25, -0.2) is 0 Å². The number of hydrogen-bond donors (Lipinski definition) is 1. The van der Waals surface area contributed by atoms with Crippen LogP contribution in [0.3, 0.4) is 0 Å². The van der Waals surface area contributed by atoms with Gasteiger partial charge >= 0.3 is 0 Å². The molecule has 0 amide bonds. The van der Waals surface area contributed by atoms with Crippen molar-refractivity contribution in [3.63, 3.8) is 0 Å². The first-order valence-corrected chi connectivity index (χ1v) is 10.1. The highest BCUT2D eigenvalue weighted by Crippen LogP contribution is 2.61. The highest BCUT2D eigenvalue weighted by Gasteiger charge is 2.21. The zero-order valence-corrected chi connectivity index (χ0v) is 13.1. The smallest absolute Gasteiger partial charge is 0.247 e. The second kappa shape index (κ2) is 8.31. The van der Waals surface area contributed by atoms with Crippen LogP contribution in [-0.4, -0.2) is 24.1 Å². The molecule has 1 unspecified atom stereocenters. The average molecular weight is 306 g/mol. The molecule has 0 fully saturated rings. The van der Waals surface area contributed by atoms with Crippen LogP contribution in [0.2, 0.25) is 0 Å². The molecule has 0 aromatic heterocycles. The van der Waals surface area contributed by atoms with Gasteiger partial charge in [-0.2, -0.15) is 0 Å². The lowest BCUT2D eigenvalue weighted by atomic mass is 10.1. The van der Waals surface area contributed by atoms with Crippen LogP contribution in [-0.2, 0) is 20.9 Å². The molecule has 6 heteroatoms. The van der Waals surface area contributed by atoms with Crippen LogP contribution < -0.4 is 0 Å². The maximum absolute atomic E-state index is 10.1. The Kier molecular flexibility index (Phi) is 7.46. The van der Waals surface area contributed by atoms with Gasteiger partial charge < -0.3 is 14.2 Å². The molecule has 18 heavy (non-hydrogen) atoms. The Morgan fingerprint density at radius 3 is 2.28 bits per heavy atom. The van der Waals surface area contributed by atoms with Crippen molar-refractivity contribution < 1.29 is 14.2 Å². The lowest BCUT2D eigenvalue weighted by Gasteiger charge is -2.21. The third kappa shape index (κ3) is 5.39. The predicted molar refractivity (Wildman–Crippen MR) is 81.4 cm³/mol. The van der Waals surface area contributed by atoms with Gasteiger partial charge in [0.05, 0.1) is 19.3 Å². The molecule has 0 saturated carbocycles. The molecule has 102 valence electrons. The van der Waals surface area contributed by atoms with Crippen LogP contribution in [0, 0.1) is 0 Å². The summed E-state index contributed by atoms with van der Waals surface area (Å²) in [5, 5.41) is 10.1. The second-order valence-corrected chi connectivity index (χ2v) is 9.86. The van der Waals surface area contributed by atoms with Crippen LogP contribution in [0.1, 0.15) is 25.5 Å². The fourth-order valence-electron chi connectivity index (χ4n) is 1.36. The third-order valence-electron chi connectivity index (χ3n) is 2.15. The van der Waals surface area contributed by atoms with E-state index in [2.05, 4.69) is 0 Å². The van der Waals surface area contributed by atoms with Crippen molar-refractivity contribution in [1.82, 2.24) is 0 Å². The number of aliphatic hydroxyl groups is 1. The summed E-state index contributed by atoms with van der Waals surface area (Å²) in [6.07, 6.45) is -0.542. The first-order chi connectivity index (χ1) is 8.61. The Morgan fingerprint density at radius 1 is 1.22 bits per heavy atom. The standard InChI is InChI=1S/C12H19O3PS2/c1-3-14-16(17,15-4-2)18-10-12(13)11-8-6-5-7-9-11/h5-9,12-13H,3-4,10H2,1-2H3. The fraction of sp³-hybridized carbons (Fsp3) is 0.500. The molecule has 0 heterocycles. The van der Waals surface area contributed by atoms with Gasteiger partial charge in [0.25, 0.3) is 0 Å². The van der Waals surface area contributed by atoms with Crippen LogP contribution in [0.4, 0.5) is 0 Å². The summed E-state index contributed by atoms with van der Waals surface area (Å²) in [6, 6.07) is 9.54. The van der Waals surface area contributed by atoms with E-state index in [1.807, 2.05) is 44.2 Å². The van der Waals surface area contributed by atoms with Crippen molar-refractivity contribution in [3.05, 3.63) is 35.9 Å². The minimum Gasteiger partial charge on any atom is -0.388 e. The van der Waals surface area contributed by atoms with Crippen molar-refractivity contribution >= 4 is 28.9 Å². The van der Waals surface area contributed by atoms with Gasteiger partial charge in [0, 0.05) is 5.75 Å². The van der Waals surface area contributed by atoms with Crippen molar-refractivity contribution in [1.29, 1.82) is 0 Å². The van der Waals surface area contributed by atoms with Crippen LogP contribution in [0.25, 0.3) is 0 Å². The highest BCUT2D eigenvalue weighted by atomic mass is 32.9. The van der Waals surface area contributed by atoms with Gasteiger partial charge in [-0.3, -0.25) is 0 Å². The maximum Gasteiger partial charge on any atom is 0.247 e. The van der Waals surface area contributed by atoms with Crippen molar-refractivity contribution in [3.8, 4) is 0 Å². The van der Waals surface area contributed by atoms with E-state index < -0.39 is 11.8 Å². The second-order valence-electron chi connectivity index (χ2n) is 3.51. The molecule has 0 spiro atoms. The normalized spacial score (nSPS) is 13.5. The van der Waals surface area contributed by atoms with Crippen molar-refractivity contribution in [2.45, 2.75) is 20.0 Å². The monoisotopic (exact) mass is 306 g/mol. The molecule has 0 aliphatic heterocycles. The first kappa shape index (κ1) is 16.2. The quantitative estimate of drug-likeness (QED) is 0.741. The third-order valence-corrected chi connectivity index (χ3v) is 7.69. The lowest BCUT2D eigenvalue weighted by molar-refractivity contribution is 0.204. The SMILES string of the molecule is CCOP(=S)(OCC)SCC(O)c1ccccc1. The molecule has 0 bridgehead atoms. The zero-order valence-electron chi connectivity index (χ0n) is 10.6. The summed E-state index contributed by atoms with van der Waals surface area (Å²) < 4.78 is 11.0. The summed E-state index contributed by atoms with van der Waals surface area (Å²) in [5.74, 6) is 0.487. The summed E-state index contributed by atoms with van der Waals surface area (Å²) in [6.45, 7) is 4.86. The highest BCUT2D eigenvalue weighted by molar-refractivity contribution is 8.67. The minimum atomic E-state index is -2.30. The van der Waals surface area contributed by atoms with E-state index >= 15 is 0 Å². The van der Waals surface area contributed by atoms with Crippen LogP contribution >= 0.6 is 17.1 Å². The molecule has 0 aliphatic carbocycles. The molecule has 3 nitrogen and oxygen atoms in total. The van der Waals surface area contributed by atoms with E-state index in [1.165, 1.54) is 11.4 Å². The molecule has 1 aromatic carbocycles. The Hall–Kier alpha value is 0.1000. The van der Waals surface area contributed by atoms with E-state index in [-0.39, 0.29) is 0 Å². The minimum absolute atomic E-state index is 0.487. The van der Waals surface area contributed by atoms with E-state index in [9.17, 15) is 5.11 Å². The van der Waals surface area contributed by atoms with E-state index in [0.29, 0.717) is 19.0 Å². The number of aliphatic hydroxyl groups excluding tert-OH is 1. The van der Waals surface area contributed by atoms with E-state index in [1.54, 1.807) is 0 Å². The van der Waals surface area contributed by atoms with Crippen molar-refractivity contribution in [2.75, 3.05) is 19.0 Å². The van der Waals surface area contributed by atoms with Gasteiger partial charge in [-0.1, -0.05) is 41.7 Å². The predicted octanol–water partition coefficient (Wildman–Crippen LogP) is 3.75. The summed E-state index contributed by atoms with van der Waals surface area (Å²) >= 11 is 6.79. The van der Waals surface area contributed by atoms with Gasteiger partial charge in [0.15, 0.2) is 0 Å². The van der Waals surface area contributed by atoms with Crippen LogP contribution in [0.15, 0.2) is 30.3 Å². The number of rotatable bonds is 8. The van der Waals surface area contributed by atoms with E-state index in [0.717, 1.165) is 5.56 Å². The lowest BCUT2D eigenvalue weighted by Crippen LogP contribution is -2.01. The Bertz CT molecular complexity index is 376. The molecule has 1 atom stereocenters. The Balaban J connectivity index is 2.55. The van der Waals surface area contributed by atoms with Gasteiger partial charge in [-0.15, -0.1) is 0 Å². The van der Waals surface area contributed by atoms with Gasteiger partial charge in [0.2, 0.25) is 5.69 Å². The zero-order chi connectivity index (χ0) is 13.4. The summed E-state index contributed by atoms with van der Waals surface area (Å²) in [7, 11) is 0. The molecule has 0 saturated heterocycles. The molecule has 1 aromatic rings. The summed E-state index contributed by atoms with van der Waals surface area (Å²) in [4.78, 5) is 0. The number of hydrogen-bond acceptors (Lipinski definition) is 5. The molecule has 0 radical (unpaired) electrons. The largest absolute Gasteiger partial charge is 0.388 e. The molecule has 1 N–H and O–H groups in total. The molecule has 1 rings (SSSR count). The first-order valence-electron chi connectivity index (χ1n) is 5.88. The van der Waals surface area contributed by atoms with Crippen molar-refractivity contribution in [2.24, 2.45) is 0 Å². The molecular formula is C12H19O3PS2. The topological polar surface area (TPSA) is 38.7 Å². The summed E-state index contributed by atoms with van der Waals surface area (Å²) in [5.41, 5.74) is -1.42. The van der Waals surface area contributed by atoms with E-state index in [4.69, 9.17) is 20.9 Å².